The molecule has 3 nitrogen and oxygen atoms in total. The molecule has 4 heteroatoms. The molecule has 82 valence electrons. The Bertz CT molecular complexity index is 207. The first-order valence-electron chi connectivity index (χ1n) is 4.98. The van der Waals surface area contributed by atoms with Crippen LogP contribution >= 0.6 is 0 Å². The van der Waals surface area contributed by atoms with Crippen molar-refractivity contribution in [2.75, 3.05) is 6.54 Å². The van der Waals surface area contributed by atoms with Gasteiger partial charge in [-0.1, -0.05) is 0 Å². The van der Waals surface area contributed by atoms with Crippen LogP contribution in [-0.2, 0) is 4.74 Å². The molecule has 0 aromatic heterocycles. The van der Waals surface area contributed by atoms with Gasteiger partial charge < -0.3 is 10.1 Å². The Labute approximate surface area is 84.0 Å². The Kier molecular flexibility index (Phi) is 3.34. The molecule has 0 unspecified atom stereocenters. The van der Waals surface area contributed by atoms with Gasteiger partial charge in [-0.3, -0.25) is 0 Å². The quantitative estimate of drug-likeness (QED) is 0.747. The smallest absolute Gasteiger partial charge is 0.407 e. The number of carbonyl (C=O) groups excluding carboxylic acids is 1. The van der Waals surface area contributed by atoms with Gasteiger partial charge in [0.1, 0.15) is 11.8 Å². The zero-order chi connectivity index (χ0) is 10.8. The van der Waals surface area contributed by atoms with Crippen LogP contribution in [0.2, 0.25) is 0 Å². The van der Waals surface area contributed by atoms with E-state index in [0.29, 0.717) is 19.4 Å². The topological polar surface area (TPSA) is 38.3 Å². The lowest BCUT2D eigenvalue weighted by Gasteiger charge is -2.30. The van der Waals surface area contributed by atoms with Crippen molar-refractivity contribution in [2.24, 2.45) is 5.92 Å². The van der Waals surface area contributed by atoms with Gasteiger partial charge >= 0.3 is 6.09 Å². The SMILES string of the molecule is CC(C)(C)OC(=O)NCC1CC(F)C1. The number of carbonyl (C=O) groups is 1. The molecule has 0 aliphatic heterocycles. The molecular weight excluding hydrogens is 185 g/mol. The summed E-state index contributed by atoms with van der Waals surface area (Å²) < 4.78 is 17.5. The molecule has 1 fully saturated rings. The molecular formula is C10H18FNO2. The molecule has 1 N–H and O–H groups in total. The van der Waals surface area contributed by atoms with Crippen LogP contribution in [0.5, 0.6) is 0 Å². The number of alkyl carbamates (subject to hydrolysis) is 1. The fraction of sp³-hybridized carbons (Fsp3) is 0.900. The molecule has 0 aromatic carbocycles. The van der Waals surface area contributed by atoms with E-state index < -0.39 is 17.9 Å². The highest BCUT2D eigenvalue weighted by atomic mass is 19.1. The lowest BCUT2D eigenvalue weighted by Crippen LogP contribution is -2.39. The van der Waals surface area contributed by atoms with Crippen molar-refractivity contribution in [3.05, 3.63) is 0 Å². The monoisotopic (exact) mass is 203 g/mol. The number of nitrogens with one attached hydrogen (secondary N) is 1. The summed E-state index contributed by atoms with van der Waals surface area (Å²) in [5.41, 5.74) is -0.466. The largest absolute Gasteiger partial charge is 0.444 e. The van der Waals surface area contributed by atoms with Gasteiger partial charge in [-0.05, 0) is 39.5 Å². The second kappa shape index (κ2) is 4.15. The van der Waals surface area contributed by atoms with Crippen molar-refractivity contribution in [1.82, 2.24) is 5.32 Å². The zero-order valence-corrected chi connectivity index (χ0v) is 8.97. The van der Waals surface area contributed by atoms with Crippen LogP contribution in [0.4, 0.5) is 9.18 Å². The van der Waals surface area contributed by atoms with E-state index in [1.54, 1.807) is 0 Å². The first-order chi connectivity index (χ1) is 6.37. The minimum atomic E-state index is -0.666. The Hall–Kier alpha value is -0.800. The van der Waals surface area contributed by atoms with Gasteiger partial charge in [-0.25, -0.2) is 9.18 Å². The van der Waals surface area contributed by atoms with Crippen LogP contribution in [0.15, 0.2) is 0 Å². The van der Waals surface area contributed by atoms with Gasteiger partial charge in [0, 0.05) is 6.54 Å². The minimum Gasteiger partial charge on any atom is -0.444 e. The standard InChI is InChI=1S/C10H18FNO2/c1-10(2,3)14-9(13)12-6-7-4-8(11)5-7/h7-8H,4-6H2,1-3H3,(H,12,13). The van der Waals surface area contributed by atoms with Crippen LogP contribution in [0.1, 0.15) is 33.6 Å². The van der Waals surface area contributed by atoms with Crippen molar-refractivity contribution in [3.63, 3.8) is 0 Å². The van der Waals surface area contributed by atoms with E-state index in [2.05, 4.69) is 5.32 Å². The van der Waals surface area contributed by atoms with Crippen LogP contribution in [0.3, 0.4) is 0 Å². The first-order valence-corrected chi connectivity index (χ1v) is 4.98. The summed E-state index contributed by atoms with van der Waals surface area (Å²) in [5.74, 6) is 0.289. The number of hydrogen-bond donors (Lipinski definition) is 1. The molecule has 1 saturated carbocycles. The highest BCUT2D eigenvalue weighted by molar-refractivity contribution is 5.67. The molecule has 0 aromatic rings. The summed E-state index contributed by atoms with van der Waals surface area (Å²) in [7, 11) is 0. The molecule has 0 atom stereocenters. The van der Waals surface area contributed by atoms with Crippen molar-refractivity contribution in [3.8, 4) is 0 Å². The van der Waals surface area contributed by atoms with Crippen molar-refractivity contribution >= 4 is 6.09 Å². The van der Waals surface area contributed by atoms with Crippen molar-refractivity contribution in [1.29, 1.82) is 0 Å². The summed E-state index contributed by atoms with van der Waals surface area (Å²) in [5, 5.41) is 2.63. The van der Waals surface area contributed by atoms with Crippen molar-refractivity contribution < 1.29 is 13.9 Å². The van der Waals surface area contributed by atoms with E-state index in [1.165, 1.54) is 0 Å². The fourth-order valence-electron chi connectivity index (χ4n) is 1.36. The second-order valence-corrected chi connectivity index (χ2v) is 4.82. The molecule has 0 saturated heterocycles. The average molecular weight is 203 g/mol. The number of amides is 1. The van der Waals surface area contributed by atoms with Crippen LogP contribution in [0, 0.1) is 5.92 Å². The number of alkyl halides is 1. The molecule has 1 rings (SSSR count). The Morgan fingerprint density at radius 1 is 1.50 bits per heavy atom. The van der Waals surface area contributed by atoms with Gasteiger partial charge in [0.05, 0.1) is 0 Å². The van der Waals surface area contributed by atoms with E-state index in [-0.39, 0.29) is 5.92 Å². The van der Waals surface area contributed by atoms with Crippen LogP contribution in [0.25, 0.3) is 0 Å². The van der Waals surface area contributed by atoms with E-state index in [4.69, 9.17) is 4.74 Å². The third kappa shape index (κ3) is 3.94. The third-order valence-corrected chi connectivity index (χ3v) is 2.11. The number of ether oxygens (including phenoxy) is 1. The highest BCUT2D eigenvalue weighted by Gasteiger charge is 2.29. The maximum absolute atomic E-state index is 12.4. The van der Waals surface area contributed by atoms with Crippen molar-refractivity contribution in [2.45, 2.75) is 45.4 Å². The van der Waals surface area contributed by atoms with E-state index in [1.807, 2.05) is 20.8 Å². The number of halogens is 1. The molecule has 1 amide bonds. The summed E-state index contributed by atoms with van der Waals surface area (Å²) in [6.07, 6.45) is 0.0474. The third-order valence-electron chi connectivity index (χ3n) is 2.11. The summed E-state index contributed by atoms with van der Waals surface area (Å²) in [6.45, 7) is 5.96. The molecule has 14 heavy (non-hydrogen) atoms. The summed E-state index contributed by atoms with van der Waals surface area (Å²) in [6, 6.07) is 0. The summed E-state index contributed by atoms with van der Waals surface area (Å²) >= 11 is 0. The first kappa shape index (κ1) is 11.3. The van der Waals surface area contributed by atoms with Crippen LogP contribution < -0.4 is 5.32 Å². The molecule has 1 aliphatic rings. The van der Waals surface area contributed by atoms with Gasteiger partial charge in [0.15, 0.2) is 0 Å². The Balaban J connectivity index is 2.10. The predicted molar refractivity (Wildman–Crippen MR) is 51.9 cm³/mol. The Morgan fingerprint density at radius 2 is 2.07 bits per heavy atom. The van der Waals surface area contributed by atoms with Gasteiger partial charge in [-0.2, -0.15) is 0 Å². The van der Waals surface area contributed by atoms with Gasteiger partial charge in [0.2, 0.25) is 0 Å². The Morgan fingerprint density at radius 3 is 2.50 bits per heavy atom. The maximum Gasteiger partial charge on any atom is 0.407 e. The van der Waals surface area contributed by atoms with Gasteiger partial charge in [0.25, 0.3) is 0 Å². The lowest BCUT2D eigenvalue weighted by atomic mass is 9.83. The van der Waals surface area contributed by atoms with E-state index in [0.717, 1.165) is 0 Å². The van der Waals surface area contributed by atoms with E-state index in [9.17, 15) is 9.18 Å². The number of hydrogen-bond acceptors (Lipinski definition) is 2. The zero-order valence-electron chi connectivity index (χ0n) is 8.97. The normalized spacial score (nSPS) is 26.6. The fourth-order valence-corrected chi connectivity index (χ4v) is 1.36. The molecule has 0 spiro atoms. The maximum atomic E-state index is 12.4. The summed E-state index contributed by atoms with van der Waals surface area (Å²) in [4.78, 5) is 11.2. The average Bonchev–Trinajstić information content (AvgIpc) is 1.92. The van der Waals surface area contributed by atoms with Gasteiger partial charge in [-0.15, -0.1) is 0 Å². The molecule has 0 radical (unpaired) electrons. The minimum absolute atomic E-state index is 0.289. The molecule has 0 heterocycles. The molecule has 1 aliphatic carbocycles. The van der Waals surface area contributed by atoms with Crippen LogP contribution in [-0.4, -0.2) is 24.4 Å². The highest BCUT2D eigenvalue weighted by Crippen LogP contribution is 2.29. The van der Waals surface area contributed by atoms with E-state index >= 15 is 0 Å². The lowest BCUT2D eigenvalue weighted by molar-refractivity contribution is 0.0485. The number of rotatable bonds is 2. The molecule has 0 bridgehead atoms. The predicted octanol–water partition coefficient (Wildman–Crippen LogP) is 2.26. The second-order valence-electron chi connectivity index (χ2n) is 4.82.